The zero-order valence-corrected chi connectivity index (χ0v) is 15.2. The Kier molecular flexibility index (Phi) is 5.39. The molecule has 4 rings (SSSR count). The molecule has 0 aliphatic carbocycles. The highest BCUT2D eigenvalue weighted by molar-refractivity contribution is 6.03. The predicted octanol–water partition coefficient (Wildman–Crippen LogP) is 2.70. The number of benzene rings is 1. The molecule has 8 heteroatoms. The van der Waals surface area contributed by atoms with E-state index in [9.17, 15) is 4.79 Å². The Hall–Kier alpha value is -3.52. The molecule has 1 aliphatic heterocycles. The van der Waals surface area contributed by atoms with Crippen molar-refractivity contribution < 1.29 is 9.53 Å². The van der Waals surface area contributed by atoms with Gasteiger partial charge in [-0.1, -0.05) is 12.1 Å². The fraction of sp³-hybridized carbons (Fsp3) is 0.200. The number of hydrogen-bond acceptors (Lipinski definition) is 7. The molecule has 1 amide bonds. The number of pyridine rings is 1. The number of nitrogens with zero attached hydrogens (tertiary/aromatic N) is 4. The van der Waals surface area contributed by atoms with Gasteiger partial charge in [-0.05, 0) is 36.4 Å². The lowest BCUT2D eigenvalue weighted by molar-refractivity contribution is 0.102. The summed E-state index contributed by atoms with van der Waals surface area (Å²) in [6, 6.07) is 15.0. The molecule has 8 nitrogen and oxygen atoms in total. The Balaban J connectivity index is 1.44. The molecule has 2 N–H and O–H groups in total. The van der Waals surface area contributed by atoms with E-state index in [4.69, 9.17) is 4.74 Å². The second kappa shape index (κ2) is 8.45. The van der Waals surface area contributed by atoms with Crippen LogP contribution in [0.15, 0.2) is 60.9 Å². The molecular weight excluding hydrogens is 356 g/mol. The van der Waals surface area contributed by atoms with Crippen molar-refractivity contribution in [1.82, 2.24) is 15.2 Å². The summed E-state index contributed by atoms with van der Waals surface area (Å²) in [4.78, 5) is 18.4. The third-order valence-electron chi connectivity index (χ3n) is 4.35. The van der Waals surface area contributed by atoms with Crippen molar-refractivity contribution in [2.75, 3.05) is 41.8 Å². The molecule has 142 valence electrons. The molecule has 0 spiro atoms. The second-order valence-corrected chi connectivity index (χ2v) is 6.24. The number of nitrogens with one attached hydrogen (secondary N) is 2. The highest BCUT2D eigenvalue weighted by Crippen LogP contribution is 2.28. The molecular formula is C20H20N6O2. The first kappa shape index (κ1) is 17.9. The fourth-order valence-electron chi connectivity index (χ4n) is 2.95. The number of carbonyl (C=O) groups is 1. The van der Waals surface area contributed by atoms with Crippen molar-refractivity contribution in [3.8, 4) is 0 Å². The minimum Gasteiger partial charge on any atom is -0.378 e. The maximum Gasteiger partial charge on any atom is 0.258 e. The van der Waals surface area contributed by atoms with Crippen LogP contribution in [0.25, 0.3) is 0 Å². The second-order valence-electron chi connectivity index (χ2n) is 6.24. The van der Waals surface area contributed by atoms with E-state index in [1.54, 1.807) is 30.5 Å². The largest absolute Gasteiger partial charge is 0.378 e. The molecule has 0 radical (unpaired) electrons. The van der Waals surface area contributed by atoms with Crippen molar-refractivity contribution in [2.45, 2.75) is 0 Å². The Morgan fingerprint density at radius 1 is 0.964 bits per heavy atom. The zero-order chi connectivity index (χ0) is 19.2. The number of carbonyl (C=O) groups excluding carboxylic acids is 1. The van der Waals surface area contributed by atoms with Gasteiger partial charge < -0.3 is 20.3 Å². The van der Waals surface area contributed by atoms with Gasteiger partial charge in [-0.15, -0.1) is 10.2 Å². The van der Waals surface area contributed by atoms with E-state index < -0.39 is 0 Å². The number of anilines is 4. The lowest BCUT2D eigenvalue weighted by atomic mass is 10.2. The van der Waals surface area contributed by atoms with Crippen LogP contribution in [0.2, 0.25) is 0 Å². The molecule has 2 aromatic heterocycles. The Bertz CT molecular complexity index is 927. The molecule has 3 aromatic rings. The van der Waals surface area contributed by atoms with Crippen molar-refractivity contribution in [3.05, 3.63) is 66.5 Å². The molecule has 1 aromatic carbocycles. The number of rotatable bonds is 5. The summed E-state index contributed by atoms with van der Waals surface area (Å²) < 4.78 is 5.43. The molecule has 0 unspecified atom stereocenters. The first-order valence-corrected chi connectivity index (χ1v) is 9.03. The monoisotopic (exact) mass is 376 g/mol. The summed E-state index contributed by atoms with van der Waals surface area (Å²) in [6.45, 7) is 3.15. The fourth-order valence-corrected chi connectivity index (χ4v) is 2.95. The van der Waals surface area contributed by atoms with E-state index in [1.807, 2.05) is 18.2 Å². The molecule has 3 heterocycles. The van der Waals surface area contributed by atoms with E-state index >= 15 is 0 Å². The Labute approximate surface area is 162 Å². The molecule has 0 bridgehead atoms. The van der Waals surface area contributed by atoms with Crippen LogP contribution < -0.4 is 15.5 Å². The molecule has 0 atom stereocenters. The average molecular weight is 376 g/mol. The maximum absolute atomic E-state index is 12.2. The van der Waals surface area contributed by atoms with Gasteiger partial charge in [0.15, 0.2) is 11.6 Å². The third-order valence-corrected chi connectivity index (χ3v) is 4.35. The van der Waals surface area contributed by atoms with Crippen LogP contribution in [0.5, 0.6) is 0 Å². The lowest BCUT2D eigenvalue weighted by Gasteiger charge is -2.30. The normalized spacial score (nSPS) is 13.8. The highest BCUT2D eigenvalue weighted by Gasteiger charge is 2.15. The number of amides is 1. The van der Waals surface area contributed by atoms with Crippen LogP contribution in [0.3, 0.4) is 0 Å². The molecule has 0 saturated carbocycles. The molecule has 1 saturated heterocycles. The van der Waals surface area contributed by atoms with Crippen molar-refractivity contribution in [3.63, 3.8) is 0 Å². The average Bonchev–Trinajstić information content (AvgIpc) is 2.77. The van der Waals surface area contributed by atoms with E-state index in [2.05, 4.69) is 36.8 Å². The predicted molar refractivity (Wildman–Crippen MR) is 107 cm³/mol. The summed E-state index contributed by atoms with van der Waals surface area (Å²) in [5.74, 6) is 0.696. The van der Waals surface area contributed by atoms with Crippen LogP contribution in [0, 0.1) is 0 Å². The lowest BCUT2D eigenvalue weighted by Crippen LogP contribution is -2.36. The smallest absolute Gasteiger partial charge is 0.258 e. The summed E-state index contributed by atoms with van der Waals surface area (Å²) >= 11 is 0. The molecule has 28 heavy (non-hydrogen) atoms. The van der Waals surface area contributed by atoms with Gasteiger partial charge in [0.1, 0.15) is 0 Å². The van der Waals surface area contributed by atoms with E-state index in [1.165, 1.54) is 6.20 Å². The van der Waals surface area contributed by atoms with E-state index in [0.29, 0.717) is 17.2 Å². The van der Waals surface area contributed by atoms with Crippen molar-refractivity contribution in [2.24, 2.45) is 0 Å². The maximum atomic E-state index is 12.2. The summed E-state index contributed by atoms with van der Waals surface area (Å²) in [5, 5.41) is 14.3. The first-order valence-electron chi connectivity index (χ1n) is 9.03. The minimum absolute atomic E-state index is 0.277. The number of hydrogen-bond donors (Lipinski definition) is 2. The van der Waals surface area contributed by atoms with E-state index in [0.717, 1.165) is 37.7 Å². The van der Waals surface area contributed by atoms with E-state index in [-0.39, 0.29) is 5.91 Å². The van der Waals surface area contributed by atoms with Crippen LogP contribution >= 0.6 is 0 Å². The van der Waals surface area contributed by atoms with Crippen molar-refractivity contribution in [1.29, 1.82) is 0 Å². The van der Waals surface area contributed by atoms with Gasteiger partial charge in [-0.25, -0.2) is 0 Å². The van der Waals surface area contributed by atoms with Gasteiger partial charge in [-0.2, -0.15) is 0 Å². The first-order chi connectivity index (χ1) is 13.8. The SMILES string of the molecule is O=C(Nc1ccc(Nc2ccccc2N2CCOCC2)nn1)c1cccnc1. The van der Waals surface area contributed by atoms with Crippen molar-refractivity contribution >= 4 is 28.9 Å². The highest BCUT2D eigenvalue weighted by atomic mass is 16.5. The molecule has 1 aliphatic rings. The summed E-state index contributed by atoms with van der Waals surface area (Å²) in [7, 11) is 0. The summed E-state index contributed by atoms with van der Waals surface area (Å²) in [6.07, 6.45) is 3.12. The summed E-state index contributed by atoms with van der Waals surface area (Å²) in [5.41, 5.74) is 2.51. The Morgan fingerprint density at radius 3 is 2.50 bits per heavy atom. The van der Waals surface area contributed by atoms with Crippen LogP contribution in [0.4, 0.5) is 23.0 Å². The van der Waals surface area contributed by atoms with Gasteiger partial charge in [0.2, 0.25) is 0 Å². The number of para-hydroxylation sites is 2. The van der Waals surface area contributed by atoms with Crippen LogP contribution in [-0.2, 0) is 4.74 Å². The Morgan fingerprint density at radius 2 is 1.75 bits per heavy atom. The van der Waals surface area contributed by atoms with Gasteiger partial charge in [0, 0.05) is 25.5 Å². The standard InChI is InChI=1S/C20H20N6O2/c27-20(15-4-3-9-21-14-15)23-19-8-7-18(24-25-19)22-16-5-1-2-6-17(16)26-10-12-28-13-11-26/h1-9,14H,10-13H2,(H,22,24)(H,23,25,27). The quantitative estimate of drug-likeness (QED) is 0.707. The minimum atomic E-state index is -0.277. The third kappa shape index (κ3) is 4.24. The van der Waals surface area contributed by atoms with Gasteiger partial charge in [0.25, 0.3) is 5.91 Å². The van der Waals surface area contributed by atoms with Crippen LogP contribution in [-0.4, -0.2) is 47.4 Å². The number of morpholine rings is 1. The van der Waals surface area contributed by atoms with Gasteiger partial charge >= 0.3 is 0 Å². The van der Waals surface area contributed by atoms with Crippen LogP contribution in [0.1, 0.15) is 10.4 Å². The van der Waals surface area contributed by atoms with Gasteiger partial charge in [0.05, 0.1) is 30.2 Å². The zero-order valence-electron chi connectivity index (χ0n) is 15.2. The van der Waals surface area contributed by atoms with Gasteiger partial charge in [-0.3, -0.25) is 9.78 Å². The molecule has 1 fully saturated rings. The number of ether oxygens (including phenoxy) is 1. The topological polar surface area (TPSA) is 92.3 Å². The number of aromatic nitrogens is 3.